The predicted molar refractivity (Wildman–Crippen MR) is 71.2 cm³/mol. The van der Waals surface area contributed by atoms with Crippen molar-refractivity contribution in [3.8, 4) is 0 Å². The number of aryl methyl sites for hydroxylation is 1. The molecule has 0 spiro atoms. The first-order valence-electron chi connectivity index (χ1n) is 4.91. The van der Waals surface area contributed by atoms with Crippen LogP contribution in [0.2, 0.25) is 0 Å². The average molecular weight is 320 g/mol. The van der Waals surface area contributed by atoms with Gasteiger partial charge in [-0.05, 0) is 30.7 Å². The number of anilines is 1. The van der Waals surface area contributed by atoms with Crippen LogP contribution in [0.3, 0.4) is 0 Å². The highest BCUT2D eigenvalue weighted by Crippen LogP contribution is 2.19. The Labute approximate surface area is 113 Å². The molecule has 2 N–H and O–H groups in total. The van der Waals surface area contributed by atoms with Gasteiger partial charge in [0.1, 0.15) is 5.88 Å². The van der Waals surface area contributed by atoms with Crippen LogP contribution in [0.15, 0.2) is 22.7 Å². The van der Waals surface area contributed by atoms with Crippen LogP contribution < -0.4 is 10.6 Å². The van der Waals surface area contributed by atoms with Gasteiger partial charge in [-0.3, -0.25) is 9.59 Å². The van der Waals surface area contributed by atoms with E-state index in [1.165, 1.54) is 0 Å². The number of benzene rings is 1. The van der Waals surface area contributed by atoms with Gasteiger partial charge in [0.25, 0.3) is 0 Å². The van der Waals surface area contributed by atoms with Gasteiger partial charge in [-0.1, -0.05) is 15.9 Å². The second-order valence-electron chi connectivity index (χ2n) is 3.42. The maximum absolute atomic E-state index is 11.4. The molecule has 0 saturated carbocycles. The molecule has 0 saturated heterocycles. The molecule has 2 amide bonds. The lowest BCUT2D eigenvalue weighted by atomic mass is 10.2. The zero-order valence-electron chi connectivity index (χ0n) is 9.22. The molecule has 0 atom stereocenters. The van der Waals surface area contributed by atoms with Gasteiger partial charge in [-0.15, -0.1) is 11.6 Å². The number of rotatable bonds is 4. The Morgan fingerprint density at radius 3 is 2.65 bits per heavy atom. The standard InChI is InChI=1S/C11H12BrClN2O2/c1-7-4-8(2-3-9(7)12)15-11(17)6-14-10(16)5-13/h2-4H,5-6H2,1H3,(H,14,16)(H,15,17). The van der Waals surface area contributed by atoms with E-state index < -0.39 is 0 Å². The average Bonchev–Trinajstić information content (AvgIpc) is 2.31. The third kappa shape index (κ3) is 4.75. The third-order valence-corrected chi connectivity index (χ3v) is 3.14. The van der Waals surface area contributed by atoms with Crippen molar-refractivity contribution in [2.24, 2.45) is 0 Å². The molecule has 0 heterocycles. The topological polar surface area (TPSA) is 58.2 Å². The molecule has 0 aliphatic heterocycles. The molecule has 0 aromatic heterocycles. The molecule has 0 unspecified atom stereocenters. The van der Waals surface area contributed by atoms with Crippen molar-refractivity contribution in [1.82, 2.24) is 5.32 Å². The lowest BCUT2D eigenvalue weighted by molar-refractivity contribution is -0.122. The zero-order chi connectivity index (χ0) is 12.8. The molecule has 4 nitrogen and oxygen atoms in total. The van der Waals surface area contributed by atoms with Crippen LogP contribution in [0.25, 0.3) is 0 Å². The minimum absolute atomic E-state index is 0.0827. The van der Waals surface area contributed by atoms with Crippen LogP contribution in [-0.2, 0) is 9.59 Å². The van der Waals surface area contributed by atoms with Gasteiger partial charge in [0.15, 0.2) is 0 Å². The Kier molecular flexibility index (Phi) is 5.44. The van der Waals surface area contributed by atoms with Gasteiger partial charge >= 0.3 is 0 Å². The summed E-state index contributed by atoms with van der Waals surface area (Å²) in [7, 11) is 0. The van der Waals surface area contributed by atoms with Crippen molar-refractivity contribution in [1.29, 1.82) is 0 Å². The number of carbonyl (C=O) groups excluding carboxylic acids is 2. The molecule has 92 valence electrons. The number of hydrogen-bond acceptors (Lipinski definition) is 2. The van der Waals surface area contributed by atoms with Crippen LogP contribution >= 0.6 is 27.5 Å². The van der Waals surface area contributed by atoms with Crippen molar-refractivity contribution in [2.75, 3.05) is 17.7 Å². The number of nitrogens with one attached hydrogen (secondary N) is 2. The minimum atomic E-state index is -0.367. The van der Waals surface area contributed by atoms with E-state index in [4.69, 9.17) is 11.6 Å². The summed E-state index contributed by atoms with van der Waals surface area (Å²) < 4.78 is 0.978. The summed E-state index contributed by atoms with van der Waals surface area (Å²) in [4.78, 5) is 22.3. The summed E-state index contributed by atoms with van der Waals surface area (Å²) in [6.45, 7) is 1.84. The molecule has 0 radical (unpaired) electrons. The summed E-state index contributed by atoms with van der Waals surface area (Å²) in [5, 5.41) is 5.06. The highest BCUT2D eigenvalue weighted by Gasteiger charge is 2.05. The van der Waals surface area contributed by atoms with E-state index in [0.717, 1.165) is 10.0 Å². The highest BCUT2D eigenvalue weighted by atomic mass is 79.9. The Hall–Kier alpha value is -1.07. The number of alkyl halides is 1. The summed E-state index contributed by atoms with van der Waals surface area (Å²) in [5.41, 5.74) is 1.71. The largest absolute Gasteiger partial charge is 0.346 e. The fraction of sp³-hybridized carbons (Fsp3) is 0.273. The molecule has 0 fully saturated rings. The molecule has 1 rings (SSSR count). The Morgan fingerprint density at radius 2 is 2.06 bits per heavy atom. The Balaban J connectivity index is 2.50. The summed E-state index contributed by atoms with van der Waals surface area (Å²) in [6.07, 6.45) is 0. The quantitative estimate of drug-likeness (QED) is 0.835. The van der Waals surface area contributed by atoms with Crippen LogP contribution in [0.5, 0.6) is 0 Å². The van der Waals surface area contributed by atoms with Crippen LogP contribution in [-0.4, -0.2) is 24.2 Å². The second-order valence-corrected chi connectivity index (χ2v) is 4.54. The maximum Gasteiger partial charge on any atom is 0.243 e. The number of amides is 2. The van der Waals surface area contributed by atoms with E-state index >= 15 is 0 Å². The minimum Gasteiger partial charge on any atom is -0.346 e. The molecule has 0 bridgehead atoms. The van der Waals surface area contributed by atoms with Gasteiger partial charge in [0.05, 0.1) is 6.54 Å². The lowest BCUT2D eigenvalue weighted by Crippen LogP contribution is -2.33. The number of carbonyl (C=O) groups is 2. The van der Waals surface area contributed by atoms with Crippen molar-refractivity contribution in [3.63, 3.8) is 0 Å². The van der Waals surface area contributed by atoms with Gasteiger partial charge in [-0.2, -0.15) is 0 Å². The van der Waals surface area contributed by atoms with Gasteiger partial charge in [0.2, 0.25) is 11.8 Å². The van der Waals surface area contributed by atoms with Crippen molar-refractivity contribution in [3.05, 3.63) is 28.2 Å². The summed E-state index contributed by atoms with van der Waals surface area (Å²) in [6, 6.07) is 5.46. The van der Waals surface area contributed by atoms with E-state index in [2.05, 4.69) is 26.6 Å². The Bertz CT molecular complexity index is 437. The fourth-order valence-electron chi connectivity index (χ4n) is 1.15. The van der Waals surface area contributed by atoms with Gasteiger partial charge in [0, 0.05) is 10.2 Å². The lowest BCUT2D eigenvalue weighted by Gasteiger charge is -2.07. The monoisotopic (exact) mass is 318 g/mol. The normalized spacial score (nSPS) is 9.82. The molecule has 17 heavy (non-hydrogen) atoms. The van der Waals surface area contributed by atoms with Crippen molar-refractivity contribution < 1.29 is 9.59 Å². The predicted octanol–water partition coefficient (Wildman–Crippen LogP) is 2.05. The molecule has 0 aliphatic carbocycles. The van der Waals surface area contributed by atoms with E-state index in [0.29, 0.717) is 5.69 Å². The van der Waals surface area contributed by atoms with Crippen LogP contribution in [0.4, 0.5) is 5.69 Å². The highest BCUT2D eigenvalue weighted by molar-refractivity contribution is 9.10. The molecule has 6 heteroatoms. The molecule has 1 aromatic rings. The third-order valence-electron chi connectivity index (χ3n) is 2.01. The molecule has 0 aliphatic rings. The van der Waals surface area contributed by atoms with Crippen LogP contribution in [0.1, 0.15) is 5.56 Å². The molecular weight excluding hydrogens is 307 g/mol. The van der Waals surface area contributed by atoms with E-state index in [1.807, 2.05) is 19.1 Å². The van der Waals surface area contributed by atoms with E-state index in [1.54, 1.807) is 6.07 Å². The molecule has 1 aromatic carbocycles. The number of halogens is 2. The molecular formula is C11H12BrClN2O2. The Morgan fingerprint density at radius 1 is 1.35 bits per heavy atom. The maximum atomic E-state index is 11.4. The first-order chi connectivity index (χ1) is 8.02. The van der Waals surface area contributed by atoms with E-state index in [-0.39, 0.29) is 24.2 Å². The SMILES string of the molecule is Cc1cc(NC(=O)CNC(=O)CCl)ccc1Br. The first-order valence-corrected chi connectivity index (χ1v) is 6.24. The van der Waals surface area contributed by atoms with E-state index in [9.17, 15) is 9.59 Å². The summed E-state index contributed by atoms with van der Waals surface area (Å²) in [5.74, 6) is -0.802. The van der Waals surface area contributed by atoms with Crippen molar-refractivity contribution in [2.45, 2.75) is 6.92 Å². The number of hydrogen-bond donors (Lipinski definition) is 2. The van der Waals surface area contributed by atoms with Crippen molar-refractivity contribution >= 4 is 45.0 Å². The van der Waals surface area contributed by atoms with Gasteiger partial charge < -0.3 is 10.6 Å². The second kappa shape index (κ2) is 6.61. The zero-order valence-corrected chi connectivity index (χ0v) is 11.6. The van der Waals surface area contributed by atoms with Gasteiger partial charge in [-0.25, -0.2) is 0 Å². The smallest absolute Gasteiger partial charge is 0.243 e. The summed E-state index contributed by atoms with van der Waals surface area (Å²) >= 11 is 8.66. The van der Waals surface area contributed by atoms with Crippen LogP contribution in [0, 0.1) is 6.92 Å². The fourth-order valence-corrected chi connectivity index (χ4v) is 1.49. The first kappa shape index (κ1) is 14.0.